The summed E-state index contributed by atoms with van der Waals surface area (Å²) in [6.07, 6.45) is 6.80. The maximum atomic E-state index is 9.51. The molecule has 1 rings (SSSR count). The van der Waals surface area contributed by atoms with Gasteiger partial charge in [-0.25, -0.2) is 0 Å². The summed E-state index contributed by atoms with van der Waals surface area (Å²) in [7, 11) is 0. The molecule has 3 nitrogen and oxygen atoms in total. The van der Waals surface area contributed by atoms with Gasteiger partial charge >= 0.3 is 0 Å². The lowest BCUT2D eigenvalue weighted by Gasteiger charge is -2.36. The Balaban J connectivity index is 2.59. The van der Waals surface area contributed by atoms with E-state index in [1.165, 1.54) is 32.1 Å². The number of nitrogens with two attached hydrogens (primary N) is 1. The first-order chi connectivity index (χ1) is 8.88. The number of rotatable bonds is 6. The maximum absolute atomic E-state index is 9.51. The molecular weight excluding hydrogens is 236 g/mol. The van der Waals surface area contributed by atoms with Crippen LogP contribution in [0.25, 0.3) is 0 Å². The third-order valence-electron chi connectivity index (χ3n) is 4.80. The number of aliphatic hydroxyl groups excluding tert-OH is 1. The average Bonchev–Trinajstić information content (AvgIpc) is 2.51. The third kappa shape index (κ3) is 5.41. The standard InChI is InChI=1S/C16H34N2O/c1-12(2)15-6-5-8-16(11-17,9-7-15)18-13(3)10-14(4)19/h12-15,18-19H,5-11,17H2,1-4H3. The van der Waals surface area contributed by atoms with Gasteiger partial charge in [0.1, 0.15) is 0 Å². The summed E-state index contributed by atoms with van der Waals surface area (Å²) in [6, 6.07) is 0.333. The zero-order valence-corrected chi connectivity index (χ0v) is 13.3. The fourth-order valence-electron chi connectivity index (χ4n) is 3.60. The minimum atomic E-state index is -0.244. The Bertz CT molecular complexity index is 255. The zero-order chi connectivity index (χ0) is 14.5. The van der Waals surface area contributed by atoms with Gasteiger partial charge < -0.3 is 16.2 Å². The first-order valence-electron chi connectivity index (χ1n) is 8.04. The van der Waals surface area contributed by atoms with Crippen molar-refractivity contribution in [3.63, 3.8) is 0 Å². The first-order valence-corrected chi connectivity index (χ1v) is 8.04. The van der Waals surface area contributed by atoms with Crippen molar-refractivity contribution in [1.29, 1.82) is 0 Å². The smallest absolute Gasteiger partial charge is 0.0526 e. The SMILES string of the molecule is CC(O)CC(C)NC1(CN)CCCC(C(C)C)CC1. The minimum absolute atomic E-state index is 0.0952. The van der Waals surface area contributed by atoms with Crippen LogP contribution in [0.3, 0.4) is 0 Å². The molecule has 0 aromatic carbocycles. The van der Waals surface area contributed by atoms with Crippen molar-refractivity contribution in [3.05, 3.63) is 0 Å². The van der Waals surface area contributed by atoms with E-state index < -0.39 is 0 Å². The molecule has 0 heterocycles. The van der Waals surface area contributed by atoms with E-state index in [0.29, 0.717) is 12.6 Å². The van der Waals surface area contributed by atoms with Crippen LogP contribution in [0.1, 0.15) is 66.2 Å². The van der Waals surface area contributed by atoms with E-state index in [2.05, 4.69) is 26.1 Å². The lowest BCUT2D eigenvalue weighted by atomic mass is 9.86. The second-order valence-corrected chi connectivity index (χ2v) is 7.05. The maximum Gasteiger partial charge on any atom is 0.0526 e. The monoisotopic (exact) mass is 270 g/mol. The molecule has 4 unspecified atom stereocenters. The molecule has 0 radical (unpaired) electrons. The molecule has 0 bridgehead atoms. The highest BCUT2D eigenvalue weighted by Gasteiger charge is 2.33. The highest BCUT2D eigenvalue weighted by Crippen LogP contribution is 2.34. The van der Waals surface area contributed by atoms with Crippen LogP contribution in [0, 0.1) is 11.8 Å². The quantitative estimate of drug-likeness (QED) is 0.650. The third-order valence-corrected chi connectivity index (χ3v) is 4.80. The van der Waals surface area contributed by atoms with Gasteiger partial charge in [-0.3, -0.25) is 0 Å². The van der Waals surface area contributed by atoms with Gasteiger partial charge in [0.15, 0.2) is 0 Å². The summed E-state index contributed by atoms with van der Waals surface area (Å²) in [5.41, 5.74) is 6.18. The Morgan fingerprint density at radius 2 is 1.89 bits per heavy atom. The average molecular weight is 270 g/mol. The second kappa shape index (κ2) is 7.61. The van der Waals surface area contributed by atoms with Crippen molar-refractivity contribution in [2.75, 3.05) is 6.54 Å². The van der Waals surface area contributed by atoms with Gasteiger partial charge in [0.05, 0.1) is 6.10 Å². The van der Waals surface area contributed by atoms with Gasteiger partial charge in [0.25, 0.3) is 0 Å². The number of hydrogen-bond acceptors (Lipinski definition) is 3. The predicted octanol–water partition coefficient (Wildman–Crippen LogP) is 2.67. The first kappa shape index (κ1) is 16.9. The Morgan fingerprint density at radius 3 is 2.42 bits per heavy atom. The Morgan fingerprint density at radius 1 is 1.21 bits per heavy atom. The largest absolute Gasteiger partial charge is 0.393 e. The van der Waals surface area contributed by atoms with Crippen molar-refractivity contribution in [3.8, 4) is 0 Å². The van der Waals surface area contributed by atoms with Crippen molar-refractivity contribution < 1.29 is 5.11 Å². The van der Waals surface area contributed by atoms with E-state index in [-0.39, 0.29) is 11.6 Å². The van der Waals surface area contributed by atoms with Crippen LogP contribution in [0.15, 0.2) is 0 Å². The molecule has 19 heavy (non-hydrogen) atoms. The normalized spacial score (nSPS) is 32.1. The lowest BCUT2D eigenvalue weighted by Crippen LogP contribution is -2.54. The molecule has 0 aromatic heterocycles. The van der Waals surface area contributed by atoms with Gasteiger partial charge in [-0.05, 0) is 51.4 Å². The van der Waals surface area contributed by atoms with Crippen LogP contribution in [0.5, 0.6) is 0 Å². The number of aliphatic hydroxyl groups is 1. The fourth-order valence-corrected chi connectivity index (χ4v) is 3.60. The van der Waals surface area contributed by atoms with E-state index in [1.54, 1.807) is 0 Å². The van der Waals surface area contributed by atoms with Crippen LogP contribution in [0.2, 0.25) is 0 Å². The molecule has 0 amide bonds. The molecule has 1 aliphatic carbocycles. The summed E-state index contributed by atoms with van der Waals surface area (Å²) in [6.45, 7) is 9.40. The number of hydrogen-bond donors (Lipinski definition) is 3. The molecule has 4 N–H and O–H groups in total. The Labute approximate surface area is 119 Å². The molecule has 114 valence electrons. The summed E-state index contributed by atoms with van der Waals surface area (Å²) in [5.74, 6) is 1.63. The van der Waals surface area contributed by atoms with Crippen molar-refractivity contribution in [2.45, 2.75) is 83.9 Å². The van der Waals surface area contributed by atoms with E-state index in [0.717, 1.165) is 18.3 Å². The van der Waals surface area contributed by atoms with E-state index in [4.69, 9.17) is 5.73 Å². The van der Waals surface area contributed by atoms with Gasteiger partial charge in [-0.15, -0.1) is 0 Å². The minimum Gasteiger partial charge on any atom is -0.393 e. The molecule has 0 spiro atoms. The fraction of sp³-hybridized carbons (Fsp3) is 1.00. The summed E-state index contributed by atoms with van der Waals surface area (Å²) < 4.78 is 0. The Hall–Kier alpha value is -0.120. The summed E-state index contributed by atoms with van der Waals surface area (Å²) >= 11 is 0. The van der Waals surface area contributed by atoms with E-state index in [1.807, 2.05) is 6.92 Å². The lowest BCUT2D eigenvalue weighted by molar-refractivity contribution is 0.154. The van der Waals surface area contributed by atoms with Crippen LogP contribution in [0.4, 0.5) is 0 Å². The second-order valence-electron chi connectivity index (χ2n) is 7.05. The predicted molar refractivity (Wildman–Crippen MR) is 82.1 cm³/mol. The van der Waals surface area contributed by atoms with Crippen molar-refractivity contribution >= 4 is 0 Å². The van der Waals surface area contributed by atoms with Crippen LogP contribution < -0.4 is 11.1 Å². The van der Waals surface area contributed by atoms with E-state index in [9.17, 15) is 5.11 Å². The van der Waals surface area contributed by atoms with E-state index >= 15 is 0 Å². The van der Waals surface area contributed by atoms with Gasteiger partial charge in [0.2, 0.25) is 0 Å². The van der Waals surface area contributed by atoms with Gasteiger partial charge in [-0.1, -0.05) is 26.7 Å². The topological polar surface area (TPSA) is 58.3 Å². The Kier molecular flexibility index (Phi) is 6.78. The highest BCUT2D eigenvalue weighted by atomic mass is 16.3. The van der Waals surface area contributed by atoms with Gasteiger partial charge in [0, 0.05) is 18.1 Å². The molecule has 1 aliphatic rings. The molecule has 0 aliphatic heterocycles. The molecule has 1 fully saturated rings. The molecule has 3 heteroatoms. The molecule has 4 atom stereocenters. The van der Waals surface area contributed by atoms with Crippen molar-refractivity contribution in [2.24, 2.45) is 17.6 Å². The zero-order valence-electron chi connectivity index (χ0n) is 13.3. The van der Waals surface area contributed by atoms with Crippen molar-refractivity contribution in [1.82, 2.24) is 5.32 Å². The van der Waals surface area contributed by atoms with Crippen LogP contribution in [-0.2, 0) is 0 Å². The molecule has 0 saturated heterocycles. The summed E-state index contributed by atoms with van der Waals surface area (Å²) in [5, 5.41) is 13.2. The van der Waals surface area contributed by atoms with Gasteiger partial charge in [-0.2, -0.15) is 0 Å². The molecule has 1 saturated carbocycles. The molecule has 0 aromatic rings. The summed E-state index contributed by atoms with van der Waals surface area (Å²) in [4.78, 5) is 0. The van der Waals surface area contributed by atoms with Crippen LogP contribution >= 0.6 is 0 Å². The molecular formula is C16H34N2O. The van der Waals surface area contributed by atoms with Crippen LogP contribution in [-0.4, -0.2) is 29.3 Å². The highest BCUT2D eigenvalue weighted by molar-refractivity contribution is 4.94. The number of nitrogens with one attached hydrogen (secondary N) is 1.